The number of methoxy groups -OCH3 is 1. The lowest BCUT2D eigenvalue weighted by molar-refractivity contribution is -0.123. The third-order valence-electron chi connectivity index (χ3n) is 5.24. The molecule has 2 amide bonds. The summed E-state index contributed by atoms with van der Waals surface area (Å²) in [5.41, 5.74) is 0.514. The molecule has 1 fully saturated rings. The van der Waals surface area contributed by atoms with Gasteiger partial charge >= 0.3 is 0 Å². The van der Waals surface area contributed by atoms with Crippen molar-refractivity contribution in [2.75, 3.05) is 33.3 Å². The van der Waals surface area contributed by atoms with Crippen LogP contribution in [-0.2, 0) is 4.79 Å². The van der Waals surface area contributed by atoms with Crippen molar-refractivity contribution < 1.29 is 14.3 Å². The van der Waals surface area contributed by atoms with Crippen LogP contribution in [0.2, 0.25) is 0 Å². The number of ether oxygens (including phenoxy) is 1. The van der Waals surface area contributed by atoms with Crippen molar-refractivity contribution in [2.45, 2.75) is 52.0 Å². The van der Waals surface area contributed by atoms with Crippen LogP contribution in [-0.4, -0.2) is 56.0 Å². The minimum Gasteiger partial charge on any atom is -0.497 e. The number of rotatable bonds is 9. The zero-order valence-electron chi connectivity index (χ0n) is 17.5. The fourth-order valence-electron chi connectivity index (χ4n) is 3.49. The van der Waals surface area contributed by atoms with Crippen LogP contribution in [0.25, 0.3) is 0 Å². The van der Waals surface area contributed by atoms with E-state index in [0.717, 1.165) is 13.0 Å². The highest BCUT2D eigenvalue weighted by Crippen LogP contribution is 2.12. The first-order valence-corrected chi connectivity index (χ1v) is 10.5. The number of nitrogens with one attached hydrogen (secondary N) is 2. The smallest absolute Gasteiger partial charge is 0.251 e. The lowest BCUT2D eigenvalue weighted by atomic mass is 10.0. The molecule has 1 aromatic carbocycles. The number of benzene rings is 1. The second-order valence-corrected chi connectivity index (χ2v) is 7.82. The summed E-state index contributed by atoms with van der Waals surface area (Å²) >= 11 is 0. The van der Waals surface area contributed by atoms with Crippen molar-refractivity contribution in [1.82, 2.24) is 15.5 Å². The highest BCUT2D eigenvalue weighted by atomic mass is 16.5. The molecular formula is C22H35N3O3. The molecule has 0 aromatic heterocycles. The molecule has 0 radical (unpaired) electrons. The number of carbonyl (C=O) groups excluding carboxylic acids is 2. The van der Waals surface area contributed by atoms with Crippen LogP contribution >= 0.6 is 0 Å². The Morgan fingerprint density at radius 2 is 1.71 bits per heavy atom. The summed E-state index contributed by atoms with van der Waals surface area (Å²) < 4.78 is 5.11. The Bertz CT molecular complexity index is 608. The third-order valence-corrected chi connectivity index (χ3v) is 5.24. The zero-order valence-corrected chi connectivity index (χ0v) is 17.5. The van der Waals surface area contributed by atoms with E-state index in [-0.39, 0.29) is 17.7 Å². The Balaban J connectivity index is 1.79. The first kappa shape index (κ1) is 22.2. The van der Waals surface area contributed by atoms with Gasteiger partial charge in [0.1, 0.15) is 11.8 Å². The second-order valence-electron chi connectivity index (χ2n) is 7.82. The van der Waals surface area contributed by atoms with E-state index in [1.54, 1.807) is 31.4 Å². The van der Waals surface area contributed by atoms with Gasteiger partial charge in [0.15, 0.2) is 0 Å². The van der Waals surface area contributed by atoms with Crippen molar-refractivity contribution >= 4 is 11.8 Å². The Kier molecular flexibility index (Phi) is 9.28. The molecule has 1 heterocycles. The monoisotopic (exact) mass is 389 g/mol. The van der Waals surface area contributed by atoms with Gasteiger partial charge in [-0.2, -0.15) is 0 Å². The molecule has 0 bridgehead atoms. The minimum atomic E-state index is -0.548. The van der Waals surface area contributed by atoms with Crippen molar-refractivity contribution in [1.29, 1.82) is 0 Å². The molecular weight excluding hydrogens is 354 g/mol. The fourth-order valence-corrected chi connectivity index (χ4v) is 3.49. The minimum absolute atomic E-state index is 0.00723. The van der Waals surface area contributed by atoms with Crippen LogP contribution in [0, 0.1) is 5.92 Å². The van der Waals surface area contributed by atoms with Crippen LogP contribution in [0.15, 0.2) is 24.3 Å². The predicted octanol–water partition coefficient (Wildman–Crippen LogP) is 2.83. The van der Waals surface area contributed by atoms with E-state index in [0.29, 0.717) is 17.9 Å². The summed E-state index contributed by atoms with van der Waals surface area (Å²) in [4.78, 5) is 27.6. The fraction of sp³-hybridized carbons (Fsp3) is 0.636. The van der Waals surface area contributed by atoms with Gasteiger partial charge in [-0.05, 0) is 69.1 Å². The lowest BCUT2D eigenvalue weighted by Gasteiger charge is -2.23. The van der Waals surface area contributed by atoms with Gasteiger partial charge in [0, 0.05) is 12.1 Å². The molecule has 1 saturated heterocycles. The predicted molar refractivity (Wildman–Crippen MR) is 112 cm³/mol. The summed E-state index contributed by atoms with van der Waals surface area (Å²) in [7, 11) is 1.58. The van der Waals surface area contributed by atoms with Crippen molar-refractivity contribution in [3.05, 3.63) is 29.8 Å². The van der Waals surface area contributed by atoms with E-state index in [4.69, 9.17) is 4.74 Å². The molecule has 1 unspecified atom stereocenters. The van der Waals surface area contributed by atoms with Crippen LogP contribution in [0.1, 0.15) is 56.3 Å². The summed E-state index contributed by atoms with van der Waals surface area (Å²) in [5, 5.41) is 5.86. The standard InChI is InChI=1S/C22H35N3O3/c1-17(2)20(24-21(26)18-9-11-19(28-3)12-10-18)22(27)23-13-8-16-25-14-6-4-5-7-15-25/h9-12,17,20H,4-8,13-16H2,1-3H3,(H,23,27)(H,24,26). The molecule has 6 nitrogen and oxygen atoms in total. The van der Waals surface area contributed by atoms with Crippen molar-refractivity contribution in [3.63, 3.8) is 0 Å². The van der Waals surface area contributed by atoms with E-state index in [1.165, 1.54) is 38.8 Å². The molecule has 1 aliphatic rings. The molecule has 2 rings (SSSR count). The molecule has 1 aliphatic heterocycles. The topological polar surface area (TPSA) is 70.7 Å². The van der Waals surface area contributed by atoms with Gasteiger partial charge < -0.3 is 20.3 Å². The van der Waals surface area contributed by atoms with E-state index in [1.807, 2.05) is 13.8 Å². The molecule has 2 N–H and O–H groups in total. The van der Waals surface area contributed by atoms with Crippen LogP contribution in [0.5, 0.6) is 5.75 Å². The maximum atomic E-state index is 12.6. The van der Waals surface area contributed by atoms with Gasteiger partial charge in [-0.3, -0.25) is 9.59 Å². The van der Waals surface area contributed by atoms with Gasteiger partial charge in [0.2, 0.25) is 5.91 Å². The average molecular weight is 390 g/mol. The second kappa shape index (κ2) is 11.7. The zero-order chi connectivity index (χ0) is 20.4. The number of hydrogen-bond acceptors (Lipinski definition) is 4. The third kappa shape index (κ3) is 7.15. The average Bonchev–Trinajstić information content (AvgIpc) is 2.97. The van der Waals surface area contributed by atoms with Gasteiger partial charge in [-0.25, -0.2) is 0 Å². The summed E-state index contributed by atoms with van der Waals surface area (Å²) in [5.74, 6) is 0.334. The first-order chi connectivity index (χ1) is 13.5. The normalized spacial score (nSPS) is 16.3. The molecule has 0 spiro atoms. The Hall–Kier alpha value is -2.08. The molecule has 6 heteroatoms. The maximum absolute atomic E-state index is 12.6. The number of amides is 2. The quantitative estimate of drug-likeness (QED) is 0.637. The molecule has 0 aliphatic carbocycles. The van der Waals surface area contributed by atoms with E-state index in [2.05, 4.69) is 15.5 Å². The summed E-state index contributed by atoms with van der Waals surface area (Å²) in [6.45, 7) is 7.87. The maximum Gasteiger partial charge on any atom is 0.251 e. The Labute approximate surface area is 169 Å². The van der Waals surface area contributed by atoms with Gasteiger partial charge in [-0.1, -0.05) is 26.7 Å². The van der Waals surface area contributed by atoms with Crippen LogP contribution in [0.4, 0.5) is 0 Å². The van der Waals surface area contributed by atoms with Crippen LogP contribution < -0.4 is 15.4 Å². The number of carbonyl (C=O) groups is 2. The molecule has 0 saturated carbocycles. The number of nitrogens with zero attached hydrogens (tertiary/aromatic N) is 1. The lowest BCUT2D eigenvalue weighted by Crippen LogP contribution is -2.50. The van der Waals surface area contributed by atoms with Crippen molar-refractivity contribution in [2.24, 2.45) is 5.92 Å². The molecule has 28 heavy (non-hydrogen) atoms. The summed E-state index contributed by atoms with van der Waals surface area (Å²) in [6.07, 6.45) is 6.15. The van der Waals surface area contributed by atoms with Gasteiger partial charge in [-0.15, -0.1) is 0 Å². The molecule has 1 aromatic rings. The summed E-state index contributed by atoms with van der Waals surface area (Å²) in [6, 6.07) is 6.33. The van der Waals surface area contributed by atoms with Crippen LogP contribution in [0.3, 0.4) is 0 Å². The number of hydrogen-bond donors (Lipinski definition) is 2. The SMILES string of the molecule is COc1ccc(C(=O)NC(C(=O)NCCCN2CCCCCC2)C(C)C)cc1. The highest BCUT2D eigenvalue weighted by Gasteiger charge is 2.24. The van der Waals surface area contributed by atoms with E-state index in [9.17, 15) is 9.59 Å². The van der Waals surface area contributed by atoms with Crippen molar-refractivity contribution in [3.8, 4) is 5.75 Å². The highest BCUT2D eigenvalue weighted by molar-refractivity contribution is 5.97. The Morgan fingerprint density at radius 1 is 1.07 bits per heavy atom. The van der Waals surface area contributed by atoms with E-state index >= 15 is 0 Å². The van der Waals surface area contributed by atoms with Gasteiger partial charge in [0.25, 0.3) is 5.91 Å². The number of likely N-dealkylation sites (tertiary alicyclic amines) is 1. The molecule has 1 atom stereocenters. The van der Waals surface area contributed by atoms with E-state index < -0.39 is 6.04 Å². The Morgan fingerprint density at radius 3 is 2.29 bits per heavy atom. The van der Waals surface area contributed by atoms with Gasteiger partial charge in [0.05, 0.1) is 7.11 Å². The largest absolute Gasteiger partial charge is 0.497 e. The molecule has 156 valence electrons. The first-order valence-electron chi connectivity index (χ1n) is 10.5.